The Bertz CT molecular complexity index is 863. The molecule has 1 atom stereocenters. The summed E-state index contributed by atoms with van der Waals surface area (Å²) >= 11 is 1.50. The summed E-state index contributed by atoms with van der Waals surface area (Å²) in [6, 6.07) is 16.1. The summed E-state index contributed by atoms with van der Waals surface area (Å²) in [5.41, 5.74) is 2.30. The Kier molecular flexibility index (Phi) is 4.71. The molecule has 0 aliphatic carbocycles. The van der Waals surface area contributed by atoms with Gasteiger partial charge in [-0.1, -0.05) is 54.7 Å². The Labute approximate surface area is 157 Å². The molecule has 4 rings (SSSR count). The number of fused-ring (bicyclic) bond motifs is 1. The third-order valence-corrected chi connectivity index (χ3v) is 5.65. The first kappa shape index (κ1) is 16.8. The second kappa shape index (κ2) is 7.30. The molecule has 1 fully saturated rings. The van der Waals surface area contributed by atoms with Gasteiger partial charge in [0.15, 0.2) is 11.5 Å². The zero-order valence-electron chi connectivity index (χ0n) is 14.3. The molecule has 2 aromatic rings. The van der Waals surface area contributed by atoms with Crippen LogP contribution in [0.5, 0.6) is 11.5 Å². The minimum Gasteiger partial charge on any atom is -0.458 e. The zero-order valence-corrected chi connectivity index (χ0v) is 15.1. The minimum absolute atomic E-state index is 0.0165. The maximum atomic E-state index is 12.6. The maximum absolute atomic E-state index is 12.6. The number of hydrogen-bond acceptors (Lipinski definition) is 4. The van der Waals surface area contributed by atoms with Gasteiger partial charge in [0.05, 0.1) is 4.91 Å². The zero-order chi connectivity index (χ0) is 17.9. The topological polar surface area (TPSA) is 38.8 Å². The fourth-order valence-corrected chi connectivity index (χ4v) is 4.25. The van der Waals surface area contributed by atoms with Crippen molar-refractivity contribution in [2.75, 3.05) is 6.54 Å². The van der Waals surface area contributed by atoms with Crippen LogP contribution in [-0.4, -0.2) is 17.4 Å². The summed E-state index contributed by atoms with van der Waals surface area (Å²) in [7, 11) is 0. The van der Waals surface area contributed by atoms with Gasteiger partial charge in [0, 0.05) is 6.54 Å². The van der Waals surface area contributed by atoms with Gasteiger partial charge >= 0.3 is 0 Å². The summed E-state index contributed by atoms with van der Waals surface area (Å²) in [4.78, 5) is 15.0. The first-order chi connectivity index (χ1) is 12.7. The van der Waals surface area contributed by atoms with E-state index < -0.39 is 0 Å². The molecule has 2 aliphatic heterocycles. The van der Waals surface area contributed by atoms with Crippen LogP contribution in [-0.2, 0) is 11.2 Å². The van der Waals surface area contributed by atoms with Gasteiger partial charge in [-0.05, 0) is 36.1 Å². The van der Waals surface area contributed by atoms with E-state index in [0.717, 1.165) is 18.4 Å². The van der Waals surface area contributed by atoms with Crippen LogP contribution in [0.25, 0.3) is 0 Å². The monoisotopic (exact) mass is 365 g/mol. The first-order valence-corrected chi connectivity index (χ1v) is 9.43. The molecule has 26 heavy (non-hydrogen) atoms. The van der Waals surface area contributed by atoms with E-state index >= 15 is 0 Å². The standard InChI is InChI=1S/C21H19NO3S/c1-15-20(23)22(11-5-8-16-6-3-2-4-7-16)21(26-15)17-9-10-18-19(14-17)25-13-12-24-18/h2-4,6-7,9-10,12-14,21H,1,5,8,11H2. The van der Waals surface area contributed by atoms with Crippen LogP contribution >= 0.6 is 11.8 Å². The van der Waals surface area contributed by atoms with E-state index in [2.05, 4.69) is 18.7 Å². The van der Waals surface area contributed by atoms with Gasteiger partial charge in [-0.15, -0.1) is 0 Å². The molecule has 2 aliphatic rings. The molecule has 1 amide bonds. The molecule has 5 heteroatoms. The molecule has 0 N–H and O–H groups in total. The van der Waals surface area contributed by atoms with E-state index in [0.29, 0.717) is 22.9 Å². The van der Waals surface area contributed by atoms with E-state index in [-0.39, 0.29) is 11.3 Å². The van der Waals surface area contributed by atoms with Crippen molar-refractivity contribution in [1.82, 2.24) is 4.90 Å². The van der Waals surface area contributed by atoms with Crippen LogP contribution in [0.4, 0.5) is 0 Å². The molecule has 0 bridgehead atoms. The molecule has 0 radical (unpaired) electrons. The lowest BCUT2D eigenvalue weighted by molar-refractivity contribution is -0.126. The van der Waals surface area contributed by atoms with Crippen LogP contribution in [0.1, 0.15) is 22.9 Å². The van der Waals surface area contributed by atoms with Crippen molar-refractivity contribution < 1.29 is 14.3 Å². The maximum Gasteiger partial charge on any atom is 0.260 e. The van der Waals surface area contributed by atoms with Gasteiger partial charge in [0.1, 0.15) is 17.9 Å². The number of hydrogen-bond donors (Lipinski definition) is 0. The van der Waals surface area contributed by atoms with Crippen LogP contribution < -0.4 is 9.47 Å². The highest BCUT2D eigenvalue weighted by Crippen LogP contribution is 2.46. The molecule has 1 unspecified atom stereocenters. The van der Waals surface area contributed by atoms with E-state index in [1.54, 1.807) is 0 Å². The number of carbonyl (C=O) groups is 1. The molecular weight excluding hydrogens is 346 g/mol. The van der Waals surface area contributed by atoms with Crippen LogP contribution in [0, 0.1) is 0 Å². The van der Waals surface area contributed by atoms with Crippen molar-refractivity contribution in [3.63, 3.8) is 0 Å². The summed E-state index contributed by atoms with van der Waals surface area (Å²) in [6.07, 6.45) is 4.87. The summed E-state index contributed by atoms with van der Waals surface area (Å²) in [5.74, 6) is 1.36. The molecule has 132 valence electrons. The van der Waals surface area contributed by atoms with Gasteiger partial charge in [0.2, 0.25) is 0 Å². The molecule has 1 saturated heterocycles. The first-order valence-electron chi connectivity index (χ1n) is 8.55. The van der Waals surface area contributed by atoms with E-state index in [4.69, 9.17) is 9.47 Å². The van der Waals surface area contributed by atoms with E-state index in [1.165, 1.54) is 29.8 Å². The summed E-state index contributed by atoms with van der Waals surface area (Å²) in [5, 5.41) is -0.0782. The number of aryl methyl sites for hydroxylation is 1. The number of amides is 1. The number of carbonyl (C=O) groups excluding carboxylic acids is 1. The van der Waals surface area contributed by atoms with Crippen molar-refractivity contribution >= 4 is 17.7 Å². The van der Waals surface area contributed by atoms with Crippen molar-refractivity contribution in [1.29, 1.82) is 0 Å². The van der Waals surface area contributed by atoms with Crippen molar-refractivity contribution in [3.8, 4) is 11.5 Å². The highest BCUT2D eigenvalue weighted by Gasteiger charge is 2.36. The lowest BCUT2D eigenvalue weighted by Crippen LogP contribution is -2.29. The normalized spacial score (nSPS) is 18.5. The fourth-order valence-electron chi connectivity index (χ4n) is 3.15. The predicted molar refractivity (Wildman–Crippen MR) is 103 cm³/mol. The largest absolute Gasteiger partial charge is 0.458 e. The SMILES string of the molecule is C=C1SC(c2ccc3c(c2)OC=CO3)N(CCCc2ccccc2)C1=O. The Morgan fingerprint density at radius 1 is 1.04 bits per heavy atom. The third kappa shape index (κ3) is 3.35. The second-order valence-electron chi connectivity index (χ2n) is 6.20. The highest BCUT2D eigenvalue weighted by atomic mass is 32.2. The van der Waals surface area contributed by atoms with Gasteiger partial charge in [-0.3, -0.25) is 4.79 Å². The summed E-state index contributed by atoms with van der Waals surface area (Å²) in [6.45, 7) is 4.61. The number of thioether (sulfide) groups is 1. The Morgan fingerprint density at radius 2 is 1.81 bits per heavy atom. The molecule has 0 spiro atoms. The molecule has 2 heterocycles. The third-order valence-electron chi connectivity index (χ3n) is 4.44. The molecular formula is C21H19NO3S. The van der Waals surface area contributed by atoms with Crippen molar-refractivity contribution in [3.05, 3.63) is 83.7 Å². The summed E-state index contributed by atoms with van der Waals surface area (Å²) < 4.78 is 10.9. The molecule has 4 nitrogen and oxygen atoms in total. The number of nitrogens with zero attached hydrogens (tertiary/aromatic N) is 1. The van der Waals surface area contributed by atoms with Gasteiger partial charge < -0.3 is 14.4 Å². The van der Waals surface area contributed by atoms with Gasteiger partial charge in [0.25, 0.3) is 5.91 Å². The smallest absolute Gasteiger partial charge is 0.260 e. The average molecular weight is 365 g/mol. The molecule has 2 aromatic carbocycles. The number of rotatable bonds is 5. The van der Waals surface area contributed by atoms with Crippen molar-refractivity contribution in [2.45, 2.75) is 18.2 Å². The highest BCUT2D eigenvalue weighted by molar-refractivity contribution is 8.04. The number of benzene rings is 2. The van der Waals surface area contributed by atoms with Crippen LogP contribution in [0.2, 0.25) is 0 Å². The Morgan fingerprint density at radius 3 is 2.62 bits per heavy atom. The second-order valence-corrected chi connectivity index (χ2v) is 7.37. The predicted octanol–water partition coefficient (Wildman–Crippen LogP) is 4.65. The fraction of sp³-hybridized carbons (Fsp3) is 0.190. The lowest BCUT2D eigenvalue weighted by Gasteiger charge is -2.24. The van der Waals surface area contributed by atoms with E-state index in [9.17, 15) is 4.79 Å². The molecule has 0 saturated carbocycles. The lowest BCUT2D eigenvalue weighted by atomic mass is 10.1. The van der Waals surface area contributed by atoms with Crippen LogP contribution in [0.15, 0.2) is 72.5 Å². The van der Waals surface area contributed by atoms with Crippen LogP contribution in [0.3, 0.4) is 0 Å². The Hall–Kier alpha value is -2.66. The molecule has 0 aromatic heterocycles. The average Bonchev–Trinajstić information content (AvgIpc) is 2.97. The van der Waals surface area contributed by atoms with Gasteiger partial charge in [-0.25, -0.2) is 0 Å². The Balaban J connectivity index is 1.49. The van der Waals surface area contributed by atoms with Crippen molar-refractivity contribution in [2.24, 2.45) is 0 Å². The quantitative estimate of drug-likeness (QED) is 0.723. The minimum atomic E-state index is -0.0782. The number of ether oxygens (including phenoxy) is 2. The van der Waals surface area contributed by atoms with E-state index in [1.807, 2.05) is 41.3 Å². The van der Waals surface area contributed by atoms with Gasteiger partial charge in [-0.2, -0.15) is 0 Å².